The Morgan fingerprint density at radius 2 is 1.81 bits per heavy atom. The predicted molar refractivity (Wildman–Crippen MR) is 101 cm³/mol. The van der Waals surface area contributed by atoms with Crippen LogP contribution in [0.4, 0.5) is 10.1 Å². The summed E-state index contributed by atoms with van der Waals surface area (Å²) in [4.78, 5) is 25.3. The summed E-state index contributed by atoms with van der Waals surface area (Å²) < 4.78 is 12.9. The highest BCUT2D eigenvalue weighted by molar-refractivity contribution is 6.02. The van der Waals surface area contributed by atoms with Gasteiger partial charge in [-0.15, -0.1) is 0 Å². The first-order valence-corrected chi connectivity index (χ1v) is 8.81. The van der Waals surface area contributed by atoms with Crippen molar-refractivity contribution in [3.63, 3.8) is 0 Å². The smallest absolute Gasteiger partial charge is 0.297 e. The molecule has 6 nitrogen and oxygen atoms in total. The first-order valence-electron chi connectivity index (χ1n) is 8.81. The van der Waals surface area contributed by atoms with Crippen LogP contribution in [-0.2, 0) is 9.59 Å². The number of nitrogens with one attached hydrogen (secondary N) is 2. The van der Waals surface area contributed by atoms with E-state index < -0.39 is 0 Å². The van der Waals surface area contributed by atoms with Crippen LogP contribution in [0.2, 0.25) is 0 Å². The fraction of sp³-hybridized carbons (Fsp3) is 0.250. The van der Waals surface area contributed by atoms with Gasteiger partial charge in [-0.05, 0) is 29.8 Å². The van der Waals surface area contributed by atoms with Gasteiger partial charge in [0.1, 0.15) is 5.82 Å². The molecule has 0 aliphatic carbocycles. The maximum atomic E-state index is 12.9. The molecule has 140 valence electrons. The van der Waals surface area contributed by atoms with Gasteiger partial charge in [0.2, 0.25) is 0 Å². The number of rotatable bonds is 6. The quantitative estimate of drug-likeness (QED) is 0.795. The monoisotopic (exact) mass is 369 g/mol. The van der Waals surface area contributed by atoms with Crippen LogP contribution < -0.4 is 10.2 Å². The number of likely N-dealkylation sites (N-methyl/N-ethyl adjacent to an activating group) is 1. The second-order valence-corrected chi connectivity index (χ2v) is 6.55. The van der Waals surface area contributed by atoms with Gasteiger partial charge in [0.25, 0.3) is 11.8 Å². The molecule has 1 unspecified atom stereocenters. The molecule has 7 heteroatoms. The van der Waals surface area contributed by atoms with Gasteiger partial charge in [-0.25, -0.2) is 9.40 Å². The fourth-order valence-electron chi connectivity index (χ4n) is 2.90. The van der Waals surface area contributed by atoms with Gasteiger partial charge in [0.05, 0.1) is 19.3 Å². The fourth-order valence-corrected chi connectivity index (χ4v) is 2.90. The number of carbonyl (C=O) groups is 2. The van der Waals surface area contributed by atoms with Gasteiger partial charge in [0.15, 0.2) is 13.1 Å². The van der Waals surface area contributed by atoms with Crippen molar-refractivity contribution in [3.05, 3.63) is 66.0 Å². The average molecular weight is 369 g/mol. The molecule has 3 rings (SSSR count). The van der Waals surface area contributed by atoms with Crippen molar-refractivity contribution in [2.45, 2.75) is 6.42 Å². The summed E-state index contributed by atoms with van der Waals surface area (Å²) in [6.45, 7) is 0.854. The molecule has 1 heterocycles. The summed E-state index contributed by atoms with van der Waals surface area (Å²) in [5.41, 5.74) is 2.44. The van der Waals surface area contributed by atoms with E-state index in [1.165, 1.54) is 29.3 Å². The number of hydrazone groups is 1. The Hall–Kier alpha value is -3.06. The van der Waals surface area contributed by atoms with E-state index in [1.807, 2.05) is 30.3 Å². The lowest BCUT2D eigenvalue weighted by molar-refractivity contribution is -0.862. The summed E-state index contributed by atoms with van der Waals surface area (Å²) in [5, 5.41) is 8.59. The molecule has 0 spiro atoms. The van der Waals surface area contributed by atoms with Crippen LogP contribution in [0.1, 0.15) is 12.0 Å². The summed E-state index contributed by atoms with van der Waals surface area (Å²) in [7, 11) is 1.78. The van der Waals surface area contributed by atoms with Crippen LogP contribution in [0.3, 0.4) is 0 Å². The van der Waals surface area contributed by atoms with Crippen molar-refractivity contribution in [1.29, 1.82) is 0 Å². The van der Waals surface area contributed by atoms with Crippen LogP contribution >= 0.6 is 0 Å². The molecular weight excluding hydrogens is 347 g/mol. The van der Waals surface area contributed by atoms with E-state index in [-0.39, 0.29) is 30.7 Å². The van der Waals surface area contributed by atoms with Crippen LogP contribution in [0.15, 0.2) is 59.7 Å². The summed E-state index contributed by atoms with van der Waals surface area (Å²) in [6, 6.07) is 15.3. The van der Waals surface area contributed by atoms with Crippen LogP contribution in [0, 0.1) is 5.82 Å². The number of halogens is 1. The minimum absolute atomic E-state index is 0.118. The van der Waals surface area contributed by atoms with E-state index in [0.29, 0.717) is 12.2 Å². The van der Waals surface area contributed by atoms with E-state index in [1.54, 1.807) is 7.05 Å². The first kappa shape index (κ1) is 18.7. The zero-order valence-electron chi connectivity index (χ0n) is 15.1. The first-order chi connectivity index (χ1) is 13.0. The molecule has 1 aliphatic rings. The molecule has 27 heavy (non-hydrogen) atoms. The van der Waals surface area contributed by atoms with E-state index >= 15 is 0 Å². The lowest BCUT2D eigenvalue weighted by Gasteiger charge is -2.16. The van der Waals surface area contributed by atoms with Gasteiger partial charge in [-0.3, -0.25) is 9.59 Å². The number of amides is 2. The molecule has 1 atom stereocenters. The number of nitrogens with zero attached hydrogens (tertiary/aromatic N) is 2. The highest BCUT2D eigenvalue weighted by Crippen LogP contribution is 2.13. The van der Waals surface area contributed by atoms with Crippen molar-refractivity contribution in [2.24, 2.45) is 5.10 Å². The Bertz CT molecular complexity index is 837. The summed E-state index contributed by atoms with van der Waals surface area (Å²) in [5.74, 6) is -0.711. The maximum absolute atomic E-state index is 12.9. The molecule has 0 fully saturated rings. The average Bonchev–Trinajstić information content (AvgIpc) is 3.14. The molecule has 2 aromatic rings. The van der Waals surface area contributed by atoms with Crippen molar-refractivity contribution < 1.29 is 18.9 Å². The number of quaternary nitrogens is 1. The Morgan fingerprint density at radius 3 is 2.52 bits per heavy atom. The number of benzene rings is 2. The zero-order chi connectivity index (χ0) is 19.2. The maximum Gasteiger partial charge on any atom is 0.297 e. The summed E-state index contributed by atoms with van der Waals surface area (Å²) >= 11 is 0. The lowest BCUT2D eigenvalue weighted by Crippen LogP contribution is -3.11. The molecule has 0 saturated carbocycles. The van der Waals surface area contributed by atoms with Crippen molar-refractivity contribution in [2.75, 3.05) is 32.0 Å². The number of anilines is 1. The number of hydrogen-bond acceptors (Lipinski definition) is 3. The largest absolute Gasteiger partial charge is 0.322 e. The number of carbonyl (C=O) groups excluding carboxylic acids is 2. The van der Waals surface area contributed by atoms with E-state index in [2.05, 4.69) is 10.4 Å². The molecule has 0 saturated heterocycles. The van der Waals surface area contributed by atoms with Gasteiger partial charge in [-0.1, -0.05) is 30.3 Å². The molecule has 2 amide bonds. The standard InChI is InChI=1S/C20H21FN4O2/c1-24(13-19(26)22-17-9-7-16(21)8-10-17)14-20(27)25-12-11-18(23-25)15-5-3-2-4-6-15/h2-10H,11-14H2,1H3,(H,22,26)/p+1. The van der Waals surface area contributed by atoms with Crippen LogP contribution in [0.25, 0.3) is 0 Å². The molecule has 0 bridgehead atoms. The SMILES string of the molecule is C[NH+](CC(=O)Nc1ccc(F)cc1)CC(=O)N1CCC(c2ccccc2)=N1. The Kier molecular flexibility index (Phi) is 5.93. The second kappa shape index (κ2) is 8.55. The van der Waals surface area contributed by atoms with Gasteiger partial charge in [-0.2, -0.15) is 5.10 Å². The third kappa shape index (κ3) is 5.21. The van der Waals surface area contributed by atoms with Crippen molar-refractivity contribution in [3.8, 4) is 0 Å². The van der Waals surface area contributed by atoms with E-state index in [9.17, 15) is 14.0 Å². The Labute approximate surface area is 157 Å². The van der Waals surface area contributed by atoms with E-state index in [0.717, 1.165) is 22.6 Å². The summed E-state index contributed by atoms with van der Waals surface area (Å²) in [6.07, 6.45) is 0.722. The second-order valence-electron chi connectivity index (χ2n) is 6.55. The highest BCUT2D eigenvalue weighted by Gasteiger charge is 2.24. The molecular formula is C20H22FN4O2+. The van der Waals surface area contributed by atoms with Crippen molar-refractivity contribution >= 4 is 23.2 Å². The van der Waals surface area contributed by atoms with Crippen molar-refractivity contribution in [1.82, 2.24) is 5.01 Å². The predicted octanol–water partition coefficient (Wildman–Crippen LogP) is 0.916. The Morgan fingerprint density at radius 1 is 1.11 bits per heavy atom. The van der Waals surface area contributed by atoms with Gasteiger partial charge >= 0.3 is 0 Å². The molecule has 1 aliphatic heterocycles. The normalized spacial score (nSPS) is 14.6. The third-order valence-corrected chi connectivity index (χ3v) is 4.24. The topological polar surface area (TPSA) is 66.2 Å². The molecule has 2 N–H and O–H groups in total. The minimum Gasteiger partial charge on any atom is -0.322 e. The minimum atomic E-state index is -0.359. The van der Waals surface area contributed by atoms with Crippen LogP contribution in [-0.4, -0.2) is 49.2 Å². The zero-order valence-corrected chi connectivity index (χ0v) is 15.1. The molecule has 0 radical (unpaired) electrons. The van der Waals surface area contributed by atoms with Gasteiger partial charge < -0.3 is 10.2 Å². The van der Waals surface area contributed by atoms with Crippen LogP contribution in [0.5, 0.6) is 0 Å². The molecule has 0 aromatic heterocycles. The Balaban J connectivity index is 1.49. The third-order valence-electron chi connectivity index (χ3n) is 4.24. The van der Waals surface area contributed by atoms with Gasteiger partial charge in [0, 0.05) is 12.1 Å². The van der Waals surface area contributed by atoms with E-state index in [4.69, 9.17) is 0 Å². The highest BCUT2D eigenvalue weighted by atomic mass is 19.1. The number of hydrogen-bond donors (Lipinski definition) is 2. The lowest BCUT2D eigenvalue weighted by atomic mass is 10.1. The molecule has 2 aromatic carbocycles.